The Labute approximate surface area is 144 Å². The number of carbonyl (C=O) groups is 3. The lowest BCUT2D eigenvalue weighted by molar-refractivity contribution is -0.141. The first-order valence-electron chi connectivity index (χ1n) is 8.86. The van der Waals surface area contributed by atoms with Gasteiger partial charge in [-0.3, -0.25) is 19.3 Å². The number of nitrogens with zero attached hydrogens (tertiary/aromatic N) is 3. The maximum atomic E-state index is 12.8. The number of nitrogens with two attached hydrogens (primary N) is 1. The zero-order valence-electron chi connectivity index (χ0n) is 15.0. The summed E-state index contributed by atoms with van der Waals surface area (Å²) in [5.74, 6) is -0.360. The molecule has 0 aromatic rings. The van der Waals surface area contributed by atoms with Crippen molar-refractivity contribution in [2.45, 2.75) is 51.6 Å². The lowest BCUT2D eigenvalue weighted by Gasteiger charge is -2.41. The van der Waals surface area contributed by atoms with Crippen LogP contribution in [-0.4, -0.2) is 77.7 Å². The van der Waals surface area contributed by atoms with Crippen molar-refractivity contribution in [1.29, 1.82) is 0 Å². The van der Waals surface area contributed by atoms with E-state index in [4.69, 9.17) is 5.73 Å². The van der Waals surface area contributed by atoms with E-state index in [0.29, 0.717) is 13.1 Å². The Balaban J connectivity index is 1.88. The molecular formula is C17H30N4O3. The fraction of sp³-hybridized carbons (Fsp3) is 0.824. The van der Waals surface area contributed by atoms with Crippen molar-refractivity contribution in [2.75, 3.05) is 33.2 Å². The van der Waals surface area contributed by atoms with Crippen molar-refractivity contribution in [3.63, 3.8) is 0 Å². The zero-order chi connectivity index (χ0) is 17.9. The van der Waals surface area contributed by atoms with Crippen LogP contribution in [0.4, 0.5) is 0 Å². The van der Waals surface area contributed by atoms with Crippen molar-refractivity contribution < 1.29 is 14.4 Å². The Morgan fingerprint density at radius 2 is 1.75 bits per heavy atom. The van der Waals surface area contributed by atoms with Gasteiger partial charge in [-0.15, -0.1) is 0 Å². The van der Waals surface area contributed by atoms with E-state index in [2.05, 4.69) is 4.90 Å². The summed E-state index contributed by atoms with van der Waals surface area (Å²) in [4.78, 5) is 41.4. The van der Waals surface area contributed by atoms with Crippen molar-refractivity contribution in [1.82, 2.24) is 14.7 Å². The van der Waals surface area contributed by atoms with Crippen LogP contribution >= 0.6 is 0 Å². The van der Waals surface area contributed by atoms with Gasteiger partial charge >= 0.3 is 0 Å². The van der Waals surface area contributed by atoms with Crippen LogP contribution in [-0.2, 0) is 14.4 Å². The molecule has 2 rings (SSSR count). The van der Waals surface area contributed by atoms with Gasteiger partial charge in [-0.1, -0.05) is 0 Å². The van der Waals surface area contributed by atoms with E-state index in [0.717, 1.165) is 38.8 Å². The number of rotatable bonds is 4. The van der Waals surface area contributed by atoms with Crippen LogP contribution in [0.1, 0.15) is 39.5 Å². The topological polar surface area (TPSA) is 87.0 Å². The first kappa shape index (κ1) is 18.7. The molecule has 7 heteroatoms. The van der Waals surface area contributed by atoms with Crippen LogP contribution < -0.4 is 5.73 Å². The van der Waals surface area contributed by atoms with Gasteiger partial charge in [0.05, 0.1) is 12.0 Å². The van der Waals surface area contributed by atoms with Gasteiger partial charge in [0.15, 0.2) is 0 Å². The number of carbonyl (C=O) groups excluding carboxylic acids is 3. The molecule has 2 heterocycles. The van der Waals surface area contributed by atoms with Crippen LogP contribution in [0.25, 0.3) is 0 Å². The molecule has 0 saturated carbocycles. The van der Waals surface area contributed by atoms with Crippen LogP contribution in [0.15, 0.2) is 0 Å². The largest absolute Gasteiger partial charge is 0.369 e. The van der Waals surface area contributed by atoms with Gasteiger partial charge in [-0.2, -0.15) is 0 Å². The minimum atomic E-state index is -0.312. The minimum Gasteiger partial charge on any atom is -0.369 e. The number of hydrogen-bond acceptors (Lipinski definition) is 4. The Kier molecular flexibility index (Phi) is 6.21. The Morgan fingerprint density at radius 1 is 1.12 bits per heavy atom. The maximum Gasteiger partial charge on any atom is 0.239 e. The number of primary amides is 1. The fourth-order valence-corrected chi connectivity index (χ4v) is 3.75. The molecule has 136 valence electrons. The van der Waals surface area contributed by atoms with Gasteiger partial charge in [0.1, 0.15) is 0 Å². The van der Waals surface area contributed by atoms with Gasteiger partial charge in [-0.25, -0.2) is 0 Å². The van der Waals surface area contributed by atoms with E-state index < -0.39 is 0 Å². The van der Waals surface area contributed by atoms with Crippen molar-refractivity contribution in [2.24, 2.45) is 11.7 Å². The van der Waals surface area contributed by atoms with E-state index in [9.17, 15) is 14.4 Å². The molecule has 2 unspecified atom stereocenters. The summed E-state index contributed by atoms with van der Waals surface area (Å²) >= 11 is 0. The SMILES string of the molecule is CC(=O)N(C)C1CCN(C(C)C(=O)N2CCCC(C(N)=O)C2)CC1. The molecule has 0 bridgehead atoms. The molecule has 0 aromatic carbocycles. The molecule has 24 heavy (non-hydrogen) atoms. The predicted molar refractivity (Wildman–Crippen MR) is 91.0 cm³/mol. The van der Waals surface area contributed by atoms with Crippen molar-refractivity contribution in [3.05, 3.63) is 0 Å². The Morgan fingerprint density at radius 3 is 2.29 bits per heavy atom. The van der Waals surface area contributed by atoms with Crippen molar-refractivity contribution >= 4 is 17.7 Å². The second kappa shape index (κ2) is 7.96. The number of likely N-dealkylation sites (tertiary alicyclic amines) is 2. The van der Waals surface area contributed by atoms with E-state index in [-0.39, 0.29) is 35.7 Å². The summed E-state index contributed by atoms with van der Waals surface area (Å²) in [7, 11) is 1.84. The lowest BCUT2D eigenvalue weighted by atomic mass is 9.96. The van der Waals surface area contributed by atoms with Crippen LogP contribution in [0.5, 0.6) is 0 Å². The molecule has 0 radical (unpaired) electrons. The molecule has 2 atom stereocenters. The summed E-state index contributed by atoms with van der Waals surface area (Å²) in [6.07, 6.45) is 3.38. The summed E-state index contributed by atoms with van der Waals surface area (Å²) in [5, 5.41) is 0. The van der Waals surface area contributed by atoms with Crippen LogP contribution in [0.2, 0.25) is 0 Å². The average Bonchev–Trinajstić information content (AvgIpc) is 2.60. The third-order valence-electron chi connectivity index (χ3n) is 5.58. The second-order valence-electron chi connectivity index (χ2n) is 7.10. The number of amides is 3. The average molecular weight is 338 g/mol. The molecule has 2 aliphatic heterocycles. The fourth-order valence-electron chi connectivity index (χ4n) is 3.75. The summed E-state index contributed by atoms with van der Waals surface area (Å²) in [6.45, 7) is 6.29. The van der Waals surface area contributed by atoms with Gasteiger partial charge in [0.2, 0.25) is 17.7 Å². The van der Waals surface area contributed by atoms with Crippen LogP contribution in [0, 0.1) is 5.92 Å². The third-order valence-corrected chi connectivity index (χ3v) is 5.58. The van der Waals surface area contributed by atoms with E-state index >= 15 is 0 Å². The maximum absolute atomic E-state index is 12.8. The molecule has 2 saturated heterocycles. The predicted octanol–water partition coefficient (Wildman–Crippen LogP) is 0.0415. The minimum absolute atomic E-state index is 0.0827. The molecule has 7 nitrogen and oxygen atoms in total. The monoisotopic (exact) mass is 338 g/mol. The summed E-state index contributed by atoms with van der Waals surface area (Å²) in [6, 6.07) is 0.0653. The van der Waals surface area contributed by atoms with E-state index in [1.54, 1.807) is 16.7 Å². The Hall–Kier alpha value is -1.63. The number of hydrogen-bond donors (Lipinski definition) is 1. The highest BCUT2D eigenvalue weighted by Crippen LogP contribution is 2.21. The molecule has 2 aliphatic rings. The second-order valence-corrected chi connectivity index (χ2v) is 7.10. The lowest BCUT2D eigenvalue weighted by Crippen LogP contribution is -2.54. The first-order valence-corrected chi connectivity index (χ1v) is 8.86. The Bertz CT molecular complexity index is 488. The highest BCUT2D eigenvalue weighted by Gasteiger charge is 2.33. The van der Waals surface area contributed by atoms with Gasteiger partial charge in [0.25, 0.3) is 0 Å². The molecule has 3 amide bonds. The molecule has 2 N–H and O–H groups in total. The van der Waals surface area contributed by atoms with Crippen molar-refractivity contribution in [3.8, 4) is 0 Å². The smallest absolute Gasteiger partial charge is 0.239 e. The van der Waals surface area contributed by atoms with E-state index in [1.165, 1.54) is 0 Å². The van der Waals surface area contributed by atoms with Gasteiger partial charge in [-0.05, 0) is 32.6 Å². The molecular weight excluding hydrogens is 308 g/mol. The molecule has 2 fully saturated rings. The zero-order valence-corrected chi connectivity index (χ0v) is 15.0. The highest BCUT2D eigenvalue weighted by atomic mass is 16.2. The van der Waals surface area contributed by atoms with Gasteiger partial charge < -0.3 is 15.5 Å². The normalized spacial score (nSPS) is 24.5. The first-order chi connectivity index (χ1) is 11.3. The summed E-state index contributed by atoms with van der Waals surface area (Å²) in [5.41, 5.74) is 5.40. The number of piperidine rings is 2. The summed E-state index contributed by atoms with van der Waals surface area (Å²) < 4.78 is 0. The molecule has 0 spiro atoms. The quantitative estimate of drug-likeness (QED) is 0.784. The van der Waals surface area contributed by atoms with E-state index in [1.807, 2.05) is 14.0 Å². The van der Waals surface area contributed by atoms with Gasteiger partial charge in [0, 0.05) is 46.2 Å². The third kappa shape index (κ3) is 4.26. The highest BCUT2D eigenvalue weighted by molar-refractivity contribution is 5.83. The molecule has 0 aromatic heterocycles. The van der Waals surface area contributed by atoms with Crippen LogP contribution in [0.3, 0.4) is 0 Å². The standard InChI is InChI=1S/C17H30N4O3/c1-12(17(24)21-8-4-5-14(11-21)16(18)23)20-9-6-15(7-10-20)19(3)13(2)22/h12,14-15H,4-11H2,1-3H3,(H2,18,23). The molecule has 0 aliphatic carbocycles.